The predicted molar refractivity (Wildman–Crippen MR) is 45.0 cm³/mol. The first-order chi connectivity index (χ1) is 5.31. The number of hydrogen-bond donors (Lipinski definition) is 1. The van der Waals surface area contributed by atoms with Gasteiger partial charge in [-0.2, -0.15) is 0 Å². The highest BCUT2D eigenvalue weighted by Crippen LogP contribution is 1.84. The summed E-state index contributed by atoms with van der Waals surface area (Å²) in [5, 5.41) is 2.60. The summed E-state index contributed by atoms with van der Waals surface area (Å²) in [6.07, 6.45) is 1.67. The van der Waals surface area contributed by atoms with Crippen molar-refractivity contribution < 1.29 is 9.53 Å². The summed E-state index contributed by atoms with van der Waals surface area (Å²) >= 11 is 5.30. The van der Waals surface area contributed by atoms with Gasteiger partial charge >= 0.3 is 6.09 Å². The lowest BCUT2D eigenvalue weighted by Crippen LogP contribution is -2.25. The van der Waals surface area contributed by atoms with Crippen molar-refractivity contribution in [3.05, 3.63) is 0 Å². The Bertz CT molecular complexity index is 109. The fourth-order valence-corrected chi connectivity index (χ4v) is 0.627. The Morgan fingerprint density at radius 3 is 2.91 bits per heavy atom. The first-order valence-corrected chi connectivity index (χ1v) is 4.31. The molecule has 0 atom stereocenters. The highest BCUT2D eigenvalue weighted by atomic mass is 35.5. The van der Waals surface area contributed by atoms with E-state index in [1.54, 1.807) is 0 Å². The molecule has 11 heavy (non-hydrogen) atoms. The van der Waals surface area contributed by atoms with Crippen LogP contribution in [0.15, 0.2) is 0 Å². The molecule has 0 spiro atoms. The van der Waals surface area contributed by atoms with Gasteiger partial charge in [0, 0.05) is 6.54 Å². The smallest absolute Gasteiger partial charge is 0.407 e. The molecule has 0 aliphatic rings. The first-order valence-electron chi connectivity index (χ1n) is 3.77. The number of ether oxygens (including phenoxy) is 1. The minimum absolute atomic E-state index is 0.277. The van der Waals surface area contributed by atoms with E-state index in [9.17, 15) is 4.79 Å². The van der Waals surface area contributed by atoms with Crippen LogP contribution in [0.3, 0.4) is 0 Å². The number of nitrogens with one attached hydrogen (secondary N) is 1. The van der Waals surface area contributed by atoms with Crippen LogP contribution < -0.4 is 5.32 Å². The summed E-state index contributed by atoms with van der Waals surface area (Å²) in [7, 11) is 0. The Hall–Kier alpha value is -0.440. The third-order valence-corrected chi connectivity index (χ3v) is 1.26. The van der Waals surface area contributed by atoms with Crippen molar-refractivity contribution in [1.82, 2.24) is 5.32 Å². The maximum atomic E-state index is 10.7. The van der Waals surface area contributed by atoms with Crippen LogP contribution in [0.5, 0.6) is 0 Å². The molecule has 0 aromatic carbocycles. The highest BCUT2D eigenvalue weighted by Gasteiger charge is 1.97. The second kappa shape index (κ2) is 7.66. The number of hydrogen-bond acceptors (Lipinski definition) is 2. The lowest BCUT2D eigenvalue weighted by atomic mass is 10.3. The summed E-state index contributed by atoms with van der Waals surface area (Å²) in [4.78, 5) is 10.7. The molecule has 0 aliphatic heterocycles. The van der Waals surface area contributed by atoms with Gasteiger partial charge < -0.3 is 10.1 Å². The normalized spacial score (nSPS) is 9.27. The van der Waals surface area contributed by atoms with Crippen molar-refractivity contribution in [2.45, 2.75) is 19.8 Å². The maximum absolute atomic E-state index is 10.7. The van der Waals surface area contributed by atoms with Crippen molar-refractivity contribution >= 4 is 17.7 Å². The molecular weight excluding hydrogens is 166 g/mol. The number of alkyl carbamates (subject to hydrolysis) is 1. The fraction of sp³-hybridized carbons (Fsp3) is 0.857. The van der Waals surface area contributed by atoms with E-state index in [4.69, 9.17) is 11.6 Å². The second-order valence-corrected chi connectivity index (χ2v) is 2.48. The molecule has 0 rings (SSSR count). The molecule has 0 unspecified atom stereocenters. The molecule has 0 radical (unpaired) electrons. The van der Waals surface area contributed by atoms with Gasteiger partial charge in [0.25, 0.3) is 0 Å². The van der Waals surface area contributed by atoms with E-state index >= 15 is 0 Å². The van der Waals surface area contributed by atoms with Crippen LogP contribution in [0.1, 0.15) is 19.8 Å². The molecule has 0 heterocycles. The van der Waals surface area contributed by atoms with E-state index in [0.717, 1.165) is 12.8 Å². The summed E-state index contributed by atoms with van der Waals surface area (Å²) in [6, 6.07) is 0. The van der Waals surface area contributed by atoms with E-state index in [2.05, 4.69) is 17.0 Å². The van der Waals surface area contributed by atoms with Crippen molar-refractivity contribution in [2.75, 3.05) is 19.0 Å². The Morgan fingerprint density at radius 1 is 1.64 bits per heavy atom. The Morgan fingerprint density at radius 2 is 2.36 bits per heavy atom. The molecule has 3 nitrogen and oxygen atoms in total. The molecule has 1 N–H and O–H groups in total. The van der Waals surface area contributed by atoms with E-state index < -0.39 is 0 Å². The maximum Gasteiger partial charge on any atom is 0.407 e. The van der Waals surface area contributed by atoms with Crippen LogP contribution in [-0.2, 0) is 4.74 Å². The van der Waals surface area contributed by atoms with Gasteiger partial charge in [0.1, 0.15) is 6.61 Å². The zero-order chi connectivity index (χ0) is 8.53. The van der Waals surface area contributed by atoms with Gasteiger partial charge in [0.2, 0.25) is 0 Å². The van der Waals surface area contributed by atoms with Gasteiger partial charge in [-0.25, -0.2) is 4.79 Å². The Kier molecular flexibility index (Phi) is 7.36. The zero-order valence-electron chi connectivity index (χ0n) is 6.73. The molecule has 4 heteroatoms. The molecule has 0 aromatic rings. The quantitative estimate of drug-likeness (QED) is 0.516. The minimum atomic E-state index is -0.376. The summed E-state index contributed by atoms with van der Waals surface area (Å²) < 4.78 is 4.66. The van der Waals surface area contributed by atoms with Gasteiger partial charge in [-0.15, -0.1) is 11.6 Å². The molecule has 0 aliphatic carbocycles. The topological polar surface area (TPSA) is 38.3 Å². The molecule has 0 saturated heterocycles. The van der Waals surface area contributed by atoms with Crippen LogP contribution in [0.25, 0.3) is 0 Å². The van der Waals surface area contributed by atoms with Crippen molar-refractivity contribution in [3.8, 4) is 0 Å². The van der Waals surface area contributed by atoms with Gasteiger partial charge in [-0.1, -0.05) is 13.3 Å². The van der Waals surface area contributed by atoms with E-state index in [0.29, 0.717) is 12.4 Å². The monoisotopic (exact) mass is 179 g/mol. The molecule has 0 saturated carbocycles. The van der Waals surface area contributed by atoms with E-state index in [1.807, 2.05) is 0 Å². The molecule has 0 bridgehead atoms. The fourth-order valence-electron chi connectivity index (χ4n) is 0.550. The van der Waals surface area contributed by atoms with Crippen molar-refractivity contribution in [1.29, 1.82) is 0 Å². The summed E-state index contributed by atoms with van der Waals surface area (Å²) in [5.41, 5.74) is 0. The Balaban J connectivity index is 3.09. The molecular formula is C7H14ClNO2. The van der Waals surface area contributed by atoms with E-state index in [-0.39, 0.29) is 12.7 Å². The SMILES string of the molecule is CCCCNC(=O)OCCCl. The minimum Gasteiger partial charge on any atom is -0.448 e. The average molecular weight is 180 g/mol. The average Bonchev–Trinajstić information content (AvgIpc) is 2.01. The van der Waals surface area contributed by atoms with Gasteiger partial charge in [0.05, 0.1) is 5.88 Å². The number of unbranched alkanes of at least 4 members (excludes halogenated alkanes) is 1. The number of carbonyl (C=O) groups excluding carboxylic acids is 1. The molecule has 0 fully saturated rings. The van der Waals surface area contributed by atoms with Gasteiger partial charge in [0.15, 0.2) is 0 Å². The zero-order valence-corrected chi connectivity index (χ0v) is 7.49. The number of halogens is 1. The molecule has 1 amide bonds. The van der Waals surface area contributed by atoms with Gasteiger partial charge in [-0.05, 0) is 6.42 Å². The van der Waals surface area contributed by atoms with Crippen LogP contribution in [0.2, 0.25) is 0 Å². The van der Waals surface area contributed by atoms with Crippen LogP contribution in [0, 0.1) is 0 Å². The van der Waals surface area contributed by atoms with Crippen LogP contribution in [0.4, 0.5) is 4.79 Å². The van der Waals surface area contributed by atoms with Crippen LogP contribution in [-0.4, -0.2) is 25.1 Å². The molecule has 66 valence electrons. The number of carbonyl (C=O) groups is 1. The Labute approximate surface area is 72.1 Å². The predicted octanol–water partition coefficient (Wildman–Crippen LogP) is 1.75. The van der Waals surface area contributed by atoms with Crippen LogP contribution >= 0.6 is 11.6 Å². The lowest BCUT2D eigenvalue weighted by Gasteiger charge is -2.03. The number of amides is 1. The third-order valence-electron chi connectivity index (χ3n) is 1.11. The third kappa shape index (κ3) is 7.46. The molecule has 0 aromatic heterocycles. The second-order valence-electron chi connectivity index (χ2n) is 2.11. The first kappa shape index (κ1) is 10.6. The highest BCUT2D eigenvalue weighted by molar-refractivity contribution is 6.18. The summed E-state index contributed by atoms with van der Waals surface area (Å²) in [6.45, 7) is 3.02. The number of alkyl halides is 1. The number of rotatable bonds is 5. The van der Waals surface area contributed by atoms with E-state index in [1.165, 1.54) is 0 Å². The lowest BCUT2D eigenvalue weighted by molar-refractivity contribution is 0.153. The standard InChI is InChI=1S/C7H14ClNO2/c1-2-3-5-9-7(10)11-6-4-8/h2-6H2,1H3,(H,9,10). The summed E-state index contributed by atoms with van der Waals surface area (Å²) in [5.74, 6) is 0.348. The van der Waals surface area contributed by atoms with Gasteiger partial charge in [-0.3, -0.25) is 0 Å². The van der Waals surface area contributed by atoms with Crippen molar-refractivity contribution in [3.63, 3.8) is 0 Å². The largest absolute Gasteiger partial charge is 0.448 e. The van der Waals surface area contributed by atoms with Crippen molar-refractivity contribution in [2.24, 2.45) is 0 Å².